The summed E-state index contributed by atoms with van der Waals surface area (Å²) in [5, 5.41) is 10.9. The zero-order valence-electron chi connectivity index (χ0n) is 10.6. The maximum atomic E-state index is 13.0. The zero-order valence-corrected chi connectivity index (χ0v) is 10.6. The van der Waals surface area contributed by atoms with Crippen molar-refractivity contribution in [3.05, 3.63) is 35.6 Å². The number of rotatable bonds is 2. The molecule has 0 heterocycles. The summed E-state index contributed by atoms with van der Waals surface area (Å²) in [5.74, 6) is 0.487. The molecule has 0 spiro atoms. The van der Waals surface area contributed by atoms with E-state index < -0.39 is 5.60 Å². The molecule has 2 atom stereocenters. The van der Waals surface area contributed by atoms with Gasteiger partial charge in [0.15, 0.2) is 0 Å². The van der Waals surface area contributed by atoms with Crippen molar-refractivity contribution in [1.82, 2.24) is 0 Å². The molecular formula is C15H21FO. The van der Waals surface area contributed by atoms with Crippen molar-refractivity contribution in [2.45, 2.75) is 45.1 Å². The van der Waals surface area contributed by atoms with E-state index in [0.717, 1.165) is 24.8 Å². The molecule has 0 saturated heterocycles. The van der Waals surface area contributed by atoms with Gasteiger partial charge in [-0.1, -0.05) is 38.8 Å². The highest BCUT2D eigenvalue weighted by Crippen LogP contribution is 2.45. The van der Waals surface area contributed by atoms with E-state index in [9.17, 15) is 9.50 Å². The van der Waals surface area contributed by atoms with Gasteiger partial charge in [-0.05, 0) is 42.4 Å². The van der Waals surface area contributed by atoms with Crippen molar-refractivity contribution in [2.24, 2.45) is 11.8 Å². The summed E-state index contributed by atoms with van der Waals surface area (Å²) in [6, 6.07) is 6.35. The van der Waals surface area contributed by atoms with Gasteiger partial charge in [0.1, 0.15) is 5.82 Å². The van der Waals surface area contributed by atoms with Crippen LogP contribution < -0.4 is 0 Å². The van der Waals surface area contributed by atoms with Gasteiger partial charge in [0.25, 0.3) is 0 Å². The van der Waals surface area contributed by atoms with E-state index in [1.165, 1.54) is 18.6 Å². The highest BCUT2D eigenvalue weighted by Gasteiger charge is 2.41. The molecule has 1 fully saturated rings. The molecule has 94 valence electrons. The number of aliphatic hydroxyl groups is 1. The Morgan fingerprint density at radius 1 is 1.24 bits per heavy atom. The van der Waals surface area contributed by atoms with Crippen LogP contribution >= 0.6 is 0 Å². The fourth-order valence-electron chi connectivity index (χ4n) is 3.16. The van der Waals surface area contributed by atoms with E-state index in [4.69, 9.17) is 0 Å². The molecule has 1 aromatic rings. The zero-order chi connectivity index (χ0) is 12.5. The van der Waals surface area contributed by atoms with Crippen LogP contribution in [0.1, 0.15) is 45.1 Å². The van der Waals surface area contributed by atoms with Gasteiger partial charge in [-0.25, -0.2) is 4.39 Å². The van der Waals surface area contributed by atoms with Crippen LogP contribution in [0.4, 0.5) is 4.39 Å². The molecule has 2 unspecified atom stereocenters. The first-order chi connectivity index (χ1) is 8.04. The molecule has 0 aliphatic heterocycles. The molecule has 2 heteroatoms. The summed E-state index contributed by atoms with van der Waals surface area (Å²) in [6.07, 6.45) is 4.09. The maximum Gasteiger partial charge on any atom is 0.123 e. The Hall–Kier alpha value is -0.890. The van der Waals surface area contributed by atoms with Gasteiger partial charge < -0.3 is 5.11 Å². The highest BCUT2D eigenvalue weighted by atomic mass is 19.1. The summed E-state index contributed by atoms with van der Waals surface area (Å²) < 4.78 is 13.0. The Kier molecular flexibility index (Phi) is 3.53. The highest BCUT2D eigenvalue weighted by molar-refractivity contribution is 5.24. The van der Waals surface area contributed by atoms with E-state index in [2.05, 4.69) is 13.8 Å². The first-order valence-electron chi connectivity index (χ1n) is 6.52. The van der Waals surface area contributed by atoms with E-state index >= 15 is 0 Å². The Morgan fingerprint density at radius 3 is 2.47 bits per heavy atom. The Morgan fingerprint density at radius 2 is 1.88 bits per heavy atom. The molecule has 2 rings (SSSR count). The van der Waals surface area contributed by atoms with Gasteiger partial charge in [-0.3, -0.25) is 0 Å². The number of halogens is 1. The third-order valence-electron chi connectivity index (χ3n) is 4.09. The number of benzene rings is 1. The minimum absolute atomic E-state index is 0.241. The third-order valence-corrected chi connectivity index (χ3v) is 4.09. The van der Waals surface area contributed by atoms with Gasteiger partial charge >= 0.3 is 0 Å². The number of hydrogen-bond acceptors (Lipinski definition) is 1. The molecule has 1 aromatic carbocycles. The predicted octanol–water partition coefficient (Wildman–Crippen LogP) is 3.86. The van der Waals surface area contributed by atoms with Gasteiger partial charge in [-0.15, -0.1) is 0 Å². The molecule has 0 radical (unpaired) electrons. The van der Waals surface area contributed by atoms with E-state index in [1.54, 1.807) is 12.1 Å². The van der Waals surface area contributed by atoms with Crippen LogP contribution in [0.3, 0.4) is 0 Å². The van der Waals surface area contributed by atoms with Crippen molar-refractivity contribution in [3.63, 3.8) is 0 Å². The fourth-order valence-corrected chi connectivity index (χ4v) is 3.16. The summed E-state index contributed by atoms with van der Waals surface area (Å²) >= 11 is 0. The van der Waals surface area contributed by atoms with Gasteiger partial charge in [0.2, 0.25) is 0 Å². The van der Waals surface area contributed by atoms with Crippen LogP contribution in [0.2, 0.25) is 0 Å². The molecule has 1 N–H and O–H groups in total. The Balaban J connectivity index is 2.34. The largest absolute Gasteiger partial charge is 0.385 e. The topological polar surface area (TPSA) is 20.2 Å². The third kappa shape index (κ3) is 2.37. The normalized spacial score (nSPS) is 29.6. The standard InChI is InChI=1S/C15H21FO/c1-11(2)14-5-3-4-10-15(14,17)12-6-8-13(16)9-7-12/h6-9,11,14,17H,3-5,10H2,1-2H3. The molecule has 0 bridgehead atoms. The van der Waals surface area contributed by atoms with E-state index in [-0.39, 0.29) is 11.7 Å². The van der Waals surface area contributed by atoms with E-state index in [1.807, 2.05) is 0 Å². The average molecular weight is 236 g/mol. The van der Waals surface area contributed by atoms with Crippen molar-refractivity contribution in [1.29, 1.82) is 0 Å². The van der Waals surface area contributed by atoms with Crippen molar-refractivity contribution < 1.29 is 9.50 Å². The SMILES string of the molecule is CC(C)C1CCCCC1(O)c1ccc(F)cc1. The molecule has 1 aliphatic rings. The second kappa shape index (κ2) is 4.77. The average Bonchev–Trinajstić information content (AvgIpc) is 2.29. The van der Waals surface area contributed by atoms with Crippen molar-refractivity contribution >= 4 is 0 Å². The first kappa shape index (κ1) is 12.6. The molecular weight excluding hydrogens is 215 g/mol. The molecule has 0 amide bonds. The molecule has 1 aliphatic carbocycles. The lowest BCUT2D eigenvalue weighted by Crippen LogP contribution is -2.40. The smallest absolute Gasteiger partial charge is 0.123 e. The maximum absolute atomic E-state index is 13.0. The minimum Gasteiger partial charge on any atom is -0.385 e. The summed E-state index contributed by atoms with van der Waals surface area (Å²) in [7, 11) is 0. The summed E-state index contributed by atoms with van der Waals surface area (Å²) in [6.45, 7) is 4.31. The van der Waals surface area contributed by atoms with Gasteiger partial charge in [-0.2, -0.15) is 0 Å². The second-order valence-corrected chi connectivity index (χ2v) is 5.53. The van der Waals surface area contributed by atoms with E-state index in [0.29, 0.717) is 5.92 Å². The molecule has 1 saturated carbocycles. The monoisotopic (exact) mass is 236 g/mol. The Bertz CT molecular complexity index is 371. The van der Waals surface area contributed by atoms with Crippen LogP contribution in [0.25, 0.3) is 0 Å². The number of hydrogen-bond donors (Lipinski definition) is 1. The van der Waals surface area contributed by atoms with Gasteiger partial charge in [0, 0.05) is 0 Å². The summed E-state index contributed by atoms with van der Waals surface area (Å²) in [4.78, 5) is 0. The van der Waals surface area contributed by atoms with Crippen LogP contribution in [0, 0.1) is 17.7 Å². The predicted molar refractivity (Wildman–Crippen MR) is 67.1 cm³/mol. The molecule has 0 aromatic heterocycles. The van der Waals surface area contributed by atoms with Crippen molar-refractivity contribution in [3.8, 4) is 0 Å². The second-order valence-electron chi connectivity index (χ2n) is 5.53. The minimum atomic E-state index is -0.764. The lowest BCUT2D eigenvalue weighted by atomic mass is 9.67. The van der Waals surface area contributed by atoms with Crippen LogP contribution in [0.15, 0.2) is 24.3 Å². The Labute approximate surface area is 103 Å². The molecule has 1 nitrogen and oxygen atoms in total. The van der Waals surface area contributed by atoms with Crippen LogP contribution in [-0.2, 0) is 5.60 Å². The lowest BCUT2D eigenvalue weighted by Gasteiger charge is -2.42. The lowest BCUT2D eigenvalue weighted by molar-refractivity contribution is -0.0721. The van der Waals surface area contributed by atoms with Crippen LogP contribution in [-0.4, -0.2) is 5.11 Å². The first-order valence-corrected chi connectivity index (χ1v) is 6.52. The fraction of sp³-hybridized carbons (Fsp3) is 0.600. The quantitative estimate of drug-likeness (QED) is 0.826. The summed E-state index contributed by atoms with van der Waals surface area (Å²) in [5.41, 5.74) is 0.109. The molecule has 17 heavy (non-hydrogen) atoms. The van der Waals surface area contributed by atoms with Crippen molar-refractivity contribution in [2.75, 3.05) is 0 Å². The van der Waals surface area contributed by atoms with Crippen LogP contribution in [0.5, 0.6) is 0 Å². The van der Waals surface area contributed by atoms with Gasteiger partial charge in [0.05, 0.1) is 5.60 Å².